The Morgan fingerprint density at radius 1 is 1.20 bits per heavy atom. The number of nitrogens with one attached hydrogen (secondary N) is 1. The Hall–Kier alpha value is -1.65. The number of hydrogen-bond acceptors (Lipinski definition) is 4. The van der Waals surface area contributed by atoms with Gasteiger partial charge in [-0.2, -0.15) is 0 Å². The lowest BCUT2D eigenvalue weighted by Gasteiger charge is -2.13. The first kappa shape index (κ1) is 14.8. The van der Waals surface area contributed by atoms with Gasteiger partial charge in [-0.3, -0.25) is 0 Å². The van der Waals surface area contributed by atoms with E-state index in [1.165, 1.54) is 10.9 Å². The number of fused-ring (bicyclic) bond motifs is 1. The predicted molar refractivity (Wildman–Crippen MR) is 83.2 cm³/mol. The van der Waals surface area contributed by atoms with Crippen molar-refractivity contribution in [3.63, 3.8) is 0 Å². The average Bonchev–Trinajstić information content (AvgIpc) is 2.46. The molecule has 4 heteroatoms. The molecule has 1 aromatic carbocycles. The van der Waals surface area contributed by atoms with Crippen LogP contribution in [0.15, 0.2) is 30.5 Å². The van der Waals surface area contributed by atoms with E-state index in [1.54, 1.807) is 0 Å². The maximum Gasteiger partial charge on any atom is 0.221 e. The predicted octanol–water partition coefficient (Wildman–Crippen LogP) is 2.28. The second-order valence-corrected chi connectivity index (χ2v) is 5.07. The van der Waals surface area contributed by atoms with Gasteiger partial charge in [-0.25, -0.2) is 4.98 Å². The molecule has 0 amide bonds. The molecule has 1 aromatic heterocycles. The summed E-state index contributed by atoms with van der Waals surface area (Å²) in [6.45, 7) is 5.43. The maximum absolute atomic E-state index is 5.82. The Kier molecular flexibility index (Phi) is 5.32. The minimum Gasteiger partial charge on any atom is -0.476 e. The van der Waals surface area contributed by atoms with Crippen molar-refractivity contribution in [1.29, 1.82) is 0 Å². The molecule has 2 rings (SSSR count). The first-order valence-corrected chi connectivity index (χ1v) is 7.07. The summed E-state index contributed by atoms with van der Waals surface area (Å²) in [4.78, 5) is 6.57. The number of nitrogens with zero attached hydrogens (tertiary/aromatic N) is 2. The van der Waals surface area contributed by atoms with Gasteiger partial charge >= 0.3 is 0 Å². The lowest BCUT2D eigenvalue weighted by Crippen LogP contribution is -2.20. The second-order valence-electron chi connectivity index (χ2n) is 5.07. The fraction of sp³-hybridized carbons (Fsp3) is 0.438. The molecule has 0 aliphatic rings. The topological polar surface area (TPSA) is 37.4 Å². The smallest absolute Gasteiger partial charge is 0.221 e. The monoisotopic (exact) mass is 273 g/mol. The number of rotatable bonds is 7. The lowest BCUT2D eigenvalue weighted by atomic mass is 10.1. The van der Waals surface area contributed by atoms with Crippen molar-refractivity contribution in [3.05, 3.63) is 36.0 Å². The normalized spacial score (nSPS) is 11.2. The van der Waals surface area contributed by atoms with E-state index in [1.807, 2.05) is 26.4 Å². The van der Waals surface area contributed by atoms with Crippen LogP contribution in [0, 0.1) is 0 Å². The van der Waals surface area contributed by atoms with Crippen LogP contribution >= 0.6 is 0 Å². The van der Waals surface area contributed by atoms with Crippen molar-refractivity contribution < 1.29 is 4.74 Å². The minimum atomic E-state index is 0.649. The van der Waals surface area contributed by atoms with Gasteiger partial charge in [-0.15, -0.1) is 0 Å². The molecule has 0 aliphatic heterocycles. The highest BCUT2D eigenvalue weighted by Gasteiger charge is 2.08. The van der Waals surface area contributed by atoms with Crippen LogP contribution in [0.4, 0.5) is 0 Å². The van der Waals surface area contributed by atoms with Gasteiger partial charge in [0.05, 0.1) is 0 Å². The highest BCUT2D eigenvalue weighted by atomic mass is 16.5. The van der Waals surface area contributed by atoms with Crippen molar-refractivity contribution in [2.45, 2.75) is 13.5 Å². The molecule has 2 aromatic rings. The Bertz CT molecular complexity index is 554. The molecule has 0 atom stereocenters. The first-order chi connectivity index (χ1) is 9.72. The first-order valence-electron chi connectivity index (χ1n) is 7.07. The van der Waals surface area contributed by atoms with Gasteiger partial charge in [0.25, 0.3) is 0 Å². The molecule has 0 bridgehead atoms. The molecule has 0 spiro atoms. The average molecular weight is 273 g/mol. The summed E-state index contributed by atoms with van der Waals surface area (Å²) in [6.07, 6.45) is 1.91. The fourth-order valence-corrected chi connectivity index (χ4v) is 2.07. The van der Waals surface area contributed by atoms with Crippen molar-refractivity contribution in [1.82, 2.24) is 15.2 Å². The third-order valence-corrected chi connectivity index (χ3v) is 3.18. The van der Waals surface area contributed by atoms with Crippen LogP contribution in [0.2, 0.25) is 0 Å². The van der Waals surface area contributed by atoms with E-state index in [9.17, 15) is 0 Å². The molecular weight excluding hydrogens is 250 g/mol. The summed E-state index contributed by atoms with van der Waals surface area (Å²) in [5.74, 6) is 0.725. The molecule has 20 heavy (non-hydrogen) atoms. The summed E-state index contributed by atoms with van der Waals surface area (Å²) in [6, 6.07) is 8.28. The number of ether oxygens (including phenoxy) is 1. The van der Waals surface area contributed by atoms with E-state index < -0.39 is 0 Å². The van der Waals surface area contributed by atoms with Crippen molar-refractivity contribution >= 4 is 10.8 Å². The molecule has 0 radical (unpaired) electrons. The van der Waals surface area contributed by atoms with Crippen LogP contribution in [0.3, 0.4) is 0 Å². The van der Waals surface area contributed by atoms with Gasteiger partial charge in [0.2, 0.25) is 5.88 Å². The third kappa shape index (κ3) is 3.68. The van der Waals surface area contributed by atoms with Gasteiger partial charge in [0.1, 0.15) is 6.61 Å². The zero-order valence-corrected chi connectivity index (χ0v) is 12.5. The van der Waals surface area contributed by atoms with Gasteiger partial charge < -0.3 is 15.0 Å². The second kappa shape index (κ2) is 7.22. The Balaban J connectivity index is 2.23. The standard InChI is InChI=1S/C16H23N3O/c1-4-17-11-13-12-18-16(20-10-9-19(2)3)15-8-6-5-7-14(13)15/h5-8,12,17H,4,9-11H2,1-3H3. The van der Waals surface area contributed by atoms with Crippen molar-refractivity contribution in [2.24, 2.45) is 0 Å². The summed E-state index contributed by atoms with van der Waals surface area (Å²) in [5, 5.41) is 5.64. The number of aromatic nitrogens is 1. The largest absolute Gasteiger partial charge is 0.476 e. The molecule has 1 heterocycles. The number of benzene rings is 1. The molecule has 108 valence electrons. The molecule has 1 N–H and O–H groups in total. The van der Waals surface area contributed by atoms with Gasteiger partial charge in [-0.05, 0) is 37.7 Å². The Morgan fingerprint density at radius 2 is 1.95 bits per heavy atom. The van der Waals surface area contributed by atoms with Crippen LogP contribution in [0.5, 0.6) is 5.88 Å². The van der Waals surface area contributed by atoms with Crippen LogP contribution in [0.1, 0.15) is 12.5 Å². The van der Waals surface area contributed by atoms with E-state index in [4.69, 9.17) is 4.74 Å². The Morgan fingerprint density at radius 3 is 2.65 bits per heavy atom. The minimum absolute atomic E-state index is 0.649. The summed E-state index contributed by atoms with van der Waals surface area (Å²) >= 11 is 0. The molecular formula is C16H23N3O. The highest BCUT2D eigenvalue weighted by Crippen LogP contribution is 2.26. The van der Waals surface area contributed by atoms with E-state index in [2.05, 4.69) is 40.3 Å². The number of pyridine rings is 1. The molecule has 4 nitrogen and oxygen atoms in total. The van der Waals surface area contributed by atoms with Crippen LogP contribution in [0.25, 0.3) is 10.8 Å². The van der Waals surface area contributed by atoms with Crippen LogP contribution in [-0.4, -0.2) is 43.7 Å². The van der Waals surface area contributed by atoms with E-state index in [-0.39, 0.29) is 0 Å². The zero-order chi connectivity index (χ0) is 14.4. The molecule has 0 saturated carbocycles. The van der Waals surface area contributed by atoms with Crippen molar-refractivity contribution in [3.8, 4) is 5.88 Å². The molecule has 0 fully saturated rings. The van der Waals surface area contributed by atoms with E-state index >= 15 is 0 Å². The molecule has 0 unspecified atom stereocenters. The van der Waals surface area contributed by atoms with Gasteiger partial charge in [-0.1, -0.05) is 25.1 Å². The lowest BCUT2D eigenvalue weighted by molar-refractivity contribution is 0.256. The summed E-state index contributed by atoms with van der Waals surface area (Å²) in [7, 11) is 4.07. The highest BCUT2D eigenvalue weighted by molar-refractivity contribution is 5.89. The van der Waals surface area contributed by atoms with Gasteiger partial charge in [0, 0.05) is 24.7 Å². The van der Waals surface area contributed by atoms with E-state index in [0.29, 0.717) is 6.61 Å². The maximum atomic E-state index is 5.82. The fourth-order valence-electron chi connectivity index (χ4n) is 2.07. The summed E-state index contributed by atoms with van der Waals surface area (Å²) in [5.41, 5.74) is 1.21. The Labute approximate surface area is 120 Å². The quantitative estimate of drug-likeness (QED) is 0.840. The van der Waals surface area contributed by atoms with Gasteiger partial charge in [0.15, 0.2) is 0 Å². The van der Waals surface area contributed by atoms with Crippen molar-refractivity contribution in [2.75, 3.05) is 33.8 Å². The zero-order valence-electron chi connectivity index (χ0n) is 12.5. The molecule has 0 saturated heterocycles. The van der Waals surface area contributed by atoms with Crippen LogP contribution in [-0.2, 0) is 6.54 Å². The van der Waals surface area contributed by atoms with E-state index in [0.717, 1.165) is 30.9 Å². The SMILES string of the molecule is CCNCc1cnc(OCCN(C)C)c2ccccc12. The summed E-state index contributed by atoms with van der Waals surface area (Å²) < 4.78 is 5.82. The third-order valence-electron chi connectivity index (χ3n) is 3.18. The molecule has 0 aliphatic carbocycles. The number of likely N-dealkylation sites (N-methyl/N-ethyl adjacent to an activating group) is 1. The van der Waals surface area contributed by atoms with Crippen LogP contribution < -0.4 is 10.1 Å². The number of hydrogen-bond donors (Lipinski definition) is 1.